The first-order valence-electron chi connectivity index (χ1n) is 7.27. The molecule has 104 valence electrons. The van der Waals surface area contributed by atoms with E-state index < -0.39 is 5.85 Å². The van der Waals surface area contributed by atoms with Gasteiger partial charge in [0.1, 0.15) is 0 Å². The average molecular weight is 261 g/mol. The van der Waals surface area contributed by atoms with Gasteiger partial charge in [0.25, 0.3) is 0 Å². The molecule has 1 heterocycles. The Morgan fingerprint density at radius 3 is 2.63 bits per heavy atom. The van der Waals surface area contributed by atoms with Crippen molar-refractivity contribution < 1.29 is 4.74 Å². The van der Waals surface area contributed by atoms with E-state index in [0.29, 0.717) is 12.5 Å². The summed E-state index contributed by atoms with van der Waals surface area (Å²) in [6.45, 7) is 0.542. The molecule has 0 amide bonds. The second kappa shape index (κ2) is 5.02. The van der Waals surface area contributed by atoms with Crippen molar-refractivity contribution in [2.24, 2.45) is 11.7 Å². The summed E-state index contributed by atoms with van der Waals surface area (Å²) in [7, 11) is 0. The molecule has 0 radical (unpaired) electrons. The zero-order chi connectivity index (χ0) is 13.3. The molecule has 3 rings (SSSR count). The number of hydrogen-bond donors (Lipinski definition) is 3. The predicted molar refractivity (Wildman–Crippen MR) is 77.4 cm³/mol. The highest BCUT2D eigenvalue weighted by atomic mass is 16.5. The lowest BCUT2D eigenvalue weighted by Gasteiger charge is -2.42. The Morgan fingerprint density at radius 1 is 1.16 bits per heavy atom. The molecule has 1 atom stereocenters. The first kappa shape index (κ1) is 12.8. The van der Waals surface area contributed by atoms with Crippen LogP contribution in [-0.4, -0.2) is 5.85 Å². The molecule has 1 unspecified atom stereocenters. The van der Waals surface area contributed by atoms with Gasteiger partial charge >= 0.3 is 0 Å². The molecular weight excluding hydrogens is 238 g/mol. The Morgan fingerprint density at radius 2 is 1.89 bits per heavy atom. The third-order valence-corrected chi connectivity index (χ3v) is 4.39. The molecule has 1 aromatic carbocycles. The molecule has 5 N–H and O–H groups in total. The van der Waals surface area contributed by atoms with Gasteiger partial charge in [0.05, 0.1) is 6.61 Å². The Balaban J connectivity index is 1.80. The van der Waals surface area contributed by atoms with Crippen LogP contribution in [0.25, 0.3) is 0 Å². The zero-order valence-electron chi connectivity index (χ0n) is 11.3. The Hall–Kier alpha value is -1.26. The summed E-state index contributed by atoms with van der Waals surface area (Å²) < 4.78 is 5.95. The van der Waals surface area contributed by atoms with E-state index in [1.165, 1.54) is 25.7 Å². The summed E-state index contributed by atoms with van der Waals surface area (Å²) in [5.41, 5.74) is 15.2. The van der Waals surface area contributed by atoms with E-state index in [1.54, 1.807) is 0 Å². The third-order valence-electron chi connectivity index (χ3n) is 4.39. The molecule has 0 spiro atoms. The topological polar surface area (TPSA) is 73.3 Å². The van der Waals surface area contributed by atoms with Gasteiger partial charge in [-0.3, -0.25) is 5.73 Å². The maximum atomic E-state index is 6.49. The lowest BCUT2D eigenvalue weighted by molar-refractivity contribution is -0.0830. The van der Waals surface area contributed by atoms with Gasteiger partial charge in [0, 0.05) is 22.9 Å². The maximum Gasteiger partial charge on any atom is 0.196 e. The van der Waals surface area contributed by atoms with E-state index in [9.17, 15) is 0 Å². The van der Waals surface area contributed by atoms with Crippen LogP contribution in [0.3, 0.4) is 0 Å². The third kappa shape index (κ3) is 2.55. The first-order chi connectivity index (χ1) is 9.17. The van der Waals surface area contributed by atoms with Gasteiger partial charge < -0.3 is 15.8 Å². The summed E-state index contributed by atoms with van der Waals surface area (Å²) in [6.07, 6.45) is 7.44. The fraction of sp³-hybridized carbons (Fsp3) is 0.600. The van der Waals surface area contributed by atoms with Crippen molar-refractivity contribution in [2.45, 2.75) is 51.0 Å². The number of anilines is 2. The molecule has 0 saturated heterocycles. The minimum atomic E-state index is -0.715. The number of hydrogen-bond acceptors (Lipinski definition) is 4. The SMILES string of the molecule is Nc1ccc2c(c1)COC(N)(C1CCCCCC1)N2. The van der Waals surface area contributed by atoms with Gasteiger partial charge in [-0.2, -0.15) is 0 Å². The van der Waals surface area contributed by atoms with E-state index in [1.807, 2.05) is 18.2 Å². The van der Waals surface area contributed by atoms with E-state index in [0.717, 1.165) is 29.8 Å². The largest absolute Gasteiger partial charge is 0.399 e. The second-order valence-corrected chi connectivity index (χ2v) is 5.81. The average Bonchev–Trinajstić information content (AvgIpc) is 2.69. The monoisotopic (exact) mass is 261 g/mol. The summed E-state index contributed by atoms with van der Waals surface area (Å²) in [6, 6.07) is 5.87. The Bertz CT molecular complexity index is 455. The van der Waals surface area contributed by atoms with Crippen molar-refractivity contribution in [3.63, 3.8) is 0 Å². The number of fused-ring (bicyclic) bond motifs is 1. The molecule has 1 aromatic rings. The van der Waals surface area contributed by atoms with Crippen LogP contribution in [0.2, 0.25) is 0 Å². The molecule has 0 aromatic heterocycles. The molecule has 1 fully saturated rings. The van der Waals surface area contributed by atoms with Crippen LogP contribution in [0.15, 0.2) is 18.2 Å². The molecule has 19 heavy (non-hydrogen) atoms. The second-order valence-electron chi connectivity index (χ2n) is 5.81. The van der Waals surface area contributed by atoms with Gasteiger partial charge in [-0.25, -0.2) is 0 Å². The standard InChI is InChI=1S/C15H23N3O/c16-13-7-8-14-11(9-13)10-19-15(17,18-14)12-5-3-1-2-4-6-12/h7-9,12,18H,1-6,10,16-17H2. The van der Waals surface area contributed by atoms with Crippen molar-refractivity contribution in [3.05, 3.63) is 23.8 Å². The van der Waals surface area contributed by atoms with Crippen molar-refractivity contribution >= 4 is 11.4 Å². The number of benzene rings is 1. The summed E-state index contributed by atoms with van der Waals surface area (Å²) >= 11 is 0. The zero-order valence-corrected chi connectivity index (χ0v) is 11.3. The van der Waals surface area contributed by atoms with Crippen LogP contribution in [-0.2, 0) is 11.3 Å². The number of nitrogen functional groups attached to an aromatic ring is 1. The molecule has 0 bridgehead atoms. The Kier molecular flexibility index (Phi) is 3.37. The van der Waals surface area contributed by atoms with E-state index in [-0.39, 0.29) is 0 Å². The van der Waals surface area contributed by atoms with Crippen molar-refractivity contribution in [1.29, 1.82) is 0 Å². The lowest BCUT2D eigenvalue weighted by Crippen LogP contribution is -2.57. The lowest BCUT2D eigenvalue weighted by atomic mass is 9.92. The van der Waals surface area contributed by atoms with Crippen molar-refractivity contribution in [3.8, 4) is 0 Å². The highest BCUT2D eigenvalue weighted by Gasteiger charge is 2.39. The predicted octanol–water partition coefficient (Wildman–Crippen LogP) is 2.79. The molecule has 2 aliphatic rings. The fourth-order valence-corrected chi connectivity index (χ4v) is 3.23. The summed E-state index contributed by atoms with van der Waals surface area (Å²) in [4.78, 5) is 0. The normalized spacial score (nSPS) is 28.3. The van der Waals surface area contributed by atoms with Crippen LogP contribution in [0.1, 0.15) is 44.1 Å². The van der Waals surface area contributed by atoms with Crippen molar-refractivity contribution in [2.75, 3.05) is 11.1 Å². The number of rotatable bonds is 1. The molecule has 4 nitrogen and oxygen atoms in total. The van der Waals surface area contributed by atoms with Gasteiger partial charge in [0.15, 0.2) is 5.85 Å². The van der Waals surface area contributed by atoms with Crippen LogP contribution < -0.4 is 16.8 Å². The minimum Gasteiger partial charge on any atom is -0.399 e. The Labute approximate surface area is 114 Å². The van der Waals surface area contributed by atoms with Gasteiger partial charge in [-0.1, -0.05) is 25.7 Å². The molecule has 1 aliphatic heterocycles. The van der Waals surface area contributed by atoms with E-state index in [4.69, 9.17) is 16.2 Å². The van der Waals surface area contributed by atoms with Crippen LogP contribution in [0, 0.1) is 5.92 Å². The van der Waals surface area contributed by atoms with E-state index >= 15 is 0 Å². The van der Waals surface area contributed by atoms with Crippen LogP contribution in [0.5, 0.6) is 0 Å². The van der Waals surface area contributed by atoms with Gasteiger partial charge in [-0.05, 0) is 31.0 Å². The molecule has 1 aliphatic carbocycles. The maximum absolute atomic E-state index is 6.49. The highest BCUT2D eigenvalue weighted by molar-refractivity contribution is 5.59. The van der Waals surface area contributed by atoms with Crippen LogP contribution in [0.4, 0.5) is 11.4 Å². The smallest absolute Gasteiger partial charge is 0.196 e. The van der Waals surface area contributed by atoms with Gasteiger partial charge in [-0.15, -0.1) is 0 Å². The number of nitrogens with one attached hydrogen (secondary N) is 1. The van der Waals surface area contributed by atoms with Crippen LogP contribution >= 0.6 is 0 Å². The van der Waals surface area contributed by atoms with Gasteiger partial charge in [0.2, 0.25) is 0 Å². The van der Waals surface area contributed by atoms with E-state index in [2.05, 4.69) is 5.32 Å². The number of nitrogens with two attached hydrogens (primary N) is 2. The highest BCUT2D eigenvalue weighted by Crippen LogP contribution is 2.36. The summed E-state index contributed by atoms with van der Waals surface area (Å²) in [5.74, 6) is -0.325. The first-order valence-corrected chi connectivity index (χ1v) is 7.27. The summed E-state index contributed by atoms with van der Waals surface area (Å²) in [5, 5.41) is 3.40. The van der Waals surface area contributed by atoms with Crippen molar-refractivity contribution in [1.82, 2.24) is 0 Å². The molecule has 4 heteroatoms. The molecule has 1 saturated carbocycles. The fourth-order valence-electron chi connectivity index (χ4n) is 3.23. The number of ether oxygens (including phenoxy) is 1. The quantitative estimate of drug-likeness (QED) is 0.537. The minimum absolute atomic E-state index is 0.390. The molecular formula is C15H23N3O.